The molecule has 5 heteroatoms. The Morgan fingerprint density at radius 3 is 2.86 bits per heavy atom. The van der Waals surface area contributed by atoms with E-state index in [9.17, 15) is 9.18 Å². The summed E-state index contributed by atoms with van der Waals surface area (Å²) in [5.41, 5.74) is -0.578. The molecular weight excluding hydrogens is 187 g/mol. The zero-order valence-corrected chi connectivity index (χ0v) is 7.62. The topological polar surface area (TPSA) is 45.3 Å². The third-order valence-corrected chi connectivity index (χ3v) is 2.21. The first-order chi connectivity index (χ1) is 6.79. The molecule has 0 amide bonds. The monoisotopic (exact) mass is 198 g/mol. The van der Waals surface area contributed by atoms with Crippen molar-refractivity contribution in [2.45, 2.75) is 0 Å². The second-order valence-corrected chi connectivity index (χ2v) is 3.10. The maximum Gasteiger partial charge on any atom is 0.219 e. The minimum atomic E-state index is -0.714. The number of nitrogens with one attached hydrogen (secondary N) is 1. The molecule has 1 saturated heterocycles. The SMILES string of the molecule is O=c1cc[nH]c(N2CCOCC2)c1F. The van der Waals surface area contributed by atoms with Gasteiger partial charge in [0.05, 0.1) is 13.2 Å². The molecule has 1 N–H and O–H groups in total. The van der Waals surface area contributed by atoms with Crippen LogP contribution in [0.5, 0.6) is 0 Å². The van der Waals surface area contributed by atoms with Crippen molar-refractivity contribution in [3.05, 3.63) is 28.3 Å². The highest BCUT2D eigenvalue weighted by atomic mass is 19.1. The molecule has 0 saturated carbocycles. The summed E-state index contributed by atoms with van der Waals surface area (Å²) in [5.74, 6) is -0.449. The summed E-state index contributed by atoms with van der Waals surface area (Å²) in [7, 11) is 0. The first kappa shape index (κ1) is 9.21. The largest absolute Gasteiger partial charge is 0.378 e. The van der Waals surface area contributed by atoms with Crippen molar-refractivity contribution < 1.29 is 9.13 Å². The van der Waals surface area contributed by atoms with E-state index in [4.69, 9.17) is 4.74 Å². The van der Waals surface area contributed by atoms with Crippen LogP contribution in [0.1, 0.15) is 0 Å². The quantitative estimate of drug-likeness (QED) is 0.708. The van der Waals surface area contributed by atoms with Crippen LogP contribution in [0.4, 0.5) is 10.2 Å². The van der Waals surface area contributed by atoms with Crippen molar-refractivity contribution in [1.29, 1.82) is 0 Å². The highest BCUT2D eigenvalue weighted by molar-refractivity contribution is 5.39. The van der Waals surface area contributed by atoms with E-state index in [1.165, 1.54) is 12.3 Å². The Labute approximate surface area is 80.3 Å². The van der Waals surface area contributed by atoms with Crippen molar-refractivity contribution in [3.8, 4) is 0 Å². The number of hydrogen-bond acceptors (Lipinski definition) is 3. The predicted octanol–water partition coefficient (Wildman–Crippen LogP) is 0.351. The summed E-state index contributed by atoms with van der Waals surface area (Å²) in [6.45, 7) is 2.35. The van der Waals surface area contributed by atoms with Crippen molar-refractivity contribution in [2.24, 2.45) is 0 Å². The number of nitrogens with zero attached hydrogens (tertiary/aromatic N) is 1. The Morgan fingerprint density at radius 1 is 1.43 bits per heavy atom. The third-order valence-electron chi connectivity index (χ3n) is 2.21. The van der Waals surface area contributed by atoms with E-state index in [1.54, 1.807) is 4.90 Å². The molecule has 1 aromatic heterocycles. The molecule has 2 rings (SSSR count). The van der Waals surface area contributed by atoms with Crippen LogP contribution in [0, 0.1) is 5.82 Å². The zero-order chi connectivity index (χ0) is 9.97. The van der Waals surface area contributed by atoms with E-state index in [2.05, 4.69) is 4.98 Å². The molecule has 0 aromatic carbocycles. The lowest BCUT2D eigenvalue weighted by Crippen LogP contribution is -2.38. The van der Waals surface area contributed by atoms with Crippen LogP contribution in [0.3, 0.4) is 0 Å². The Bertz CT molecular complexity index is 371. The van der Waals surface area contributed by atoms with E-state index in [-0.39, 0.29) is 5.82 Å². The van der Waals surface area contributed by atoms with Gasteiger partial charge in [-0.25, -0.2) is 0 Å². The van der Waals surface area contributed by atoms with Gasteiger partial charge in [0.25, 0.3) is 0 Å². The van der Waals surface area contributed by atoms with Gasteiger partial charge >= 0.3 is 0 Å². The summed E-state index contributed by atoms with van der Waals surface area (Å²) >= 11 is 0. The molecule has 0 bridgehead atoms. The van der Waals surface area contributed by atoms with Gasteiger partial charge in [0.1, 0.15) is 5.82 Å². The predicted molar refractivity (Wildman–Crippen MR) is 50.1 cm³/mol. The van der Waals surface area contributed by atoms with Crippen LogP contribution in [0.2, 0.25) is 0 Å². The number of ether oxygens (including phenoxy) is 1. The molecule has 0 atom stereocenters. The molecule has 4 nitrogen and oxygen atoms in total. The average molecular weight is 198 g/mol. The maximum absolute atomic E-state index is 13.4. The standard InChI is InChI=1S/C9H11FN2O2/c10-8-7(13)1-2-11-9(8)12-3-5-14-6-4-12/h1-2H,3-6H2,(H,11,13). The molecule has 1 aliphatic rings. The van der Waals surface area contributed by atoms with Crippen molar-refractivity contribution in [3.63, 3.8) is 0 Å². The molecule has 76 valence electrons. The second kappa shape index (κ2) is 3.79. The van der Waals surface area contributed by atoms with Gasteiger partial charge in [-0.1, -0.05) is 0 Å². The second-order valence-electron chi connectivity index (χ2n) is 3.10. The summed E-state index contributed by atoms with van der Waals surface area (Å²) in [5, 5.41) is 0. The first-order valence-corrected chi connectivity index (χ1v) is 4.49. The van der Waals surface area contributed by atoms with E-state index >= 15 is 0 Å². The molecule has 0 unspecified atom stereocenters. The van der Waals surface area contributed by atoms with Gasteiger partial charge in [-0.2, -0.15) is 4.39 Å². The van der Waals surface area contributed by atoms with Crippen LogP contribution in [-0.2, 0) is 4.74 Å². The summed E-state index contributed by atoms with van der Waals surface area (Å²) < 4.78 is 18.5. The molecule has 0 radical (unpaired) electrons. The van der Waals surface area contributed by atoms with Gasteiger partial charge in [0.2, 0.25) is 11.2 Å². The Kier molecular flexibility index (Phi) is 2.49. The number of aromatic nitrogens is 1. The molecular formula is C9H11FN2O2. The Hall–Kier alpha value is -1.36. The molecule has 1 fully saturated rings. The fourth-order valence-corrected chi connectivity index (χ4v) is 1.47. The van der Waals surface area contributed by atoms with E-state index in [1.807, 2.05) is 0 Å². The van der Waals surface area contributed by atoms with E-state index in [0.717, 1.165) is 0 Å². The molecule has 1 aliphatic heterocycles. The molecule has 0 spiro atoms. The number of aromatic amines is 1. The van der Waals surface area contributed by atoms with Crippen LogP contribution in [-0.4, -0.2) is 31.3 Å². The van der Waals surface area contributed by atoms with Crippen molar-refractivity contribution in [2.75, 3.05) is 31.2 Å². The van der Waals surface area contributed by atoms with Crippen LogP contribution in [0.15, 0.2) is 17.1 Å². The summed E-state index contributed by atoms with van der Waals surface area (Å²) in [6, 6.07) is 1.18. The molecule has 1 aromatic rings. The highest BCUT2D eigenvalue weighted by Gasteiger charge is 2.16. The van der Waals surface area contributed by atoms with E-state index < -0.39 is 11.2 Å². The number of rotatable bonds is 1. The number of morpholine rings is 1. The molecule has 0 aliphatic carbocycles. The maximum atomic E-state index is 13.4. The summed E-state index contributed by atoms with van der Waals surface area (Å²) in [6.07, 6.45) is 1.45. The highest BCUT2D eigenvalue weighted by Crippen LogP contribution is 2.13. The fraction of sp³-hybridized carbons (Fsp3) is 0.444. The van der Waals surface area contributed by atoms with Crippen LogP contribution >= 0.6 is 0 Å². The third kappa shape index (κ3) is 1.63. The summed E-state index contributed by atoms with van der Waals surface area (Å²) in [4.78, 5) is 15.6. The van der Waals surface area contributed by atoms with Gasteiger partial charge < -0.3 is 14.6 Å². The smallest absolute Gasteiger partial charge is 0.219 e. The first-order valence-electron chi connectivity index (χ1n) is 4.49. The number of H-pyrrole nitrogens is 1. The number of anilines is 1. The van der Waals surface area contributed by atoms with Gasteiger partial charge in [-0.05, 0) is 0 Å². The van der Waals surface area contributed by atoms with Gasteiger partial charge in [0, 0.05) is 25.4 Å². The Balaban J connectivity index is 2.30. The normalized spacial score (nSPS) is 17.1. The molecule has 2 heterocycles. The van der Waals surface area contributed by atoms with Gasteiger partial charge in [-0.3, -0.25) is 4.79 Å². The van der Waals surface area contributed by atoms with Gasteiger partial charge in [0.15, 0.2) is 0 Å². The van der Waals surface area contributed by atoms with Crippen molar-refractivity contribution >= 4 is 5.82 Å². The van der Waals surface area contributed by atoms with Crippen molar-refractivity contribution in [1.82, 2.24) is 4.98 Å². The van der Waals surface area contributed by atoms with Gasteiger partial charge in [-0.15, -0.1) is 0 Å². The number of pyridine rings is 1. The molecule has 14 heavy (non-hydrogen) atoms. The number of hydrogen-bond donors (Lipinski definition) is 1. The van der Waals surface area contributed by atoms with Crippen LogP contribution in [0.25, 0.3) is 0 Å². The fourth-order valence-electron chi connectivity index (χ4n) is 1.47. The lowest BCUT2D eigenvalue weighted by atomic mass is 10.3. The lowest BCUT2D eigenvalue weighted by molar-refractivity contribution is 0.122. The average Bonchev–Trinajstić information content (AvgIpc) is 2.23. The lowest BCUT2D eigenvalue weighted by Gasteiger charge is -2.28. The zero-order valence-electron chi connectivity index (χ0n) is 7.62. The number of halogens is 1. The van der Waals surface area contributed by atoms with Crippen LogP contribution < -0.4 is 10.3 Å². The van der Waals surface area contributed by atoms with E-state index in [0.29, 0.717) is 26.3 Å². The minimum Gasteiger partial charge on any atom is -0.378 e. The minimum absolute atomic E-state index is 0.265. The Morgan fingerprint density at radius 2 is 2.14 bits per heavy atom.